The molecule has 2 N–H and O–H groups in total. The fourth-order valence-corrected chi connectivity index (χ4v) is 4.48. The van der Waals surface area contributed by atoms with E-state index in [0.29, 0.717) is 18.4 Å². The number of aliphatic hydroxyl groups is 2. The zero-order valence-corrected chi connectivity index (χ0v) is 18.6. The molecule has 0 saturated heterocycles. The second kappa shape index (κ2) is 11.3. The number of hydrogen-bond donors (Lipinski definition) is 2. The Kier molecular flexibility index (Phi) is 9.38. The molecule has 0 aromatic heterocycles. The molecule has 0 aromatic rings. The molecule has 2 rings (SSSR count). The van der Waals surface area contributed by atoms with Crippen molar-refractivity contribution in [1.29, 1.82) is 0 Å². The van der Waals surface area contributed by atoms with Gasteiger partial charge in [-0.15, -0.1) is 0 Å². The Bertz CT molecular complexity index is 574. The van der Waals surface area contributed by atoms with E-state index in [0.717, 1.165) is 44.9 Å². The average molecular weight is 409 g/mol. The Balaban J connectivity index is 1.73. The maximum Gasteiger partial charge on any atom is 0.332 e. The normalized spacial score (nSPS) is 27.9. The largest absolute Gasteiger partial charge is 0.458 e. The van der Waals surface area contributed by atoms with Crippen LogP contribution in [0, 0.1) is 17.8 Å². The molecular weight excluding hydrogens is 368 g/mol. The smallest absolute Gasteiger partial charge is 0.332 e. The van der Waals surface area contributed by atoms with Crippen LogP contribution in [0.3, 0.4) is 0 Å². The number of allylic oxidation sites excluding steroid dienone is 1. The fourth-order valence-electron chi connectivity index (χ4n) is 4.48. The molecule has 2 aliphatic rings. The lowest BCUT2D eigenvalue weighted by Crippen LogP contribution is -2.26. The van der Waals surface area contributed by atoms with Crippen LogP contribution in [0.1, 0.15) is 72.6 Å². The Morgan fingerprint density at radius 3 is 2.79 bits per heavy atom. The van der Waals surface area contributed by atoms with Crippen LogP contribution >= 0.6 is 0 Å². The summed E-state index contributed by atoms with van der Waals surface area (Å²) in [4.78, 5) is 11.7. The highest BCUT2D eigenvalue weighted by molar-refractivity contribution is 5.71. The van der Waals surface area contributed by atoms with Crippen LogP contribution in [-0.2, 0) is 14.3 Å². The fraction of sp³-hybridized carbons (Fsp3) is 0.792. The van der Waals surface area contributed by atoms with Gasteiger partial charge >= 0.3 is 5.97 Å². The third kappa shape index (κ3) is 8.23. The van der Waals surface area contributed by atoms with E-state index in [-0.39, 0.29) is 24.6 Å². The van der Waals surface area contributed by atoms with Crippen molar-refractivity contribution in [1.82, 2.24) is 0 Å². The average Bonchev–Trinajstić information content (AvgIpc) is 3.12. The predicted octanol–water partition coefficient (Wildman–Crippen LogP) is 4.18. The van der Waals surface area contributed by atoms with E-state index < -0.39 is 11.7 Å². The molecule has 0 amide bonds. The first-order chi connectivity index (χ1) is 13.7. The van der Waals surface area contributed by atoms with Gasteiger partial charge in [0, 0.05) is 5.92 Å². The van der Waals surface area contributed by atoms with Gasteiger partial charge in [0.05, 0.1) is 18.8 Å². The van der Waals surface area contributed by atoms with Crippen LogP contribution in [0.5, 0.6) is 0 Å². The molecule has 0 bridgehead atoms. The molecule has 0 heterocycles. The Morgan fingerprint density at radius 1 is 1.34 bits per heavy atom. The van der Waals surface area contributed by atoms with Crippen molar-refractivity contribution in [2.24, 2.45) is 17.8 Å². The molecule has 5 nitrogen and oxygen atoms in total. The number of ether oxygens (including phenoxy) is 2. The minimum Gasteiger partial charge on any atom is -0.458 e. The first kappa shape index (κ1) is 24.1. The summed E-state index contributed by atoms with van der Waals surface area (Å²) in [7, 11) is 0. The van der Waals surface area contributed by atoms with Gasteiger partial charge < -0.3 is 19.7 Å². The quantitative estimate of drug-likeness (QED) is 0.305. The molecule has 1 fully saturated rings. The lowest BCUT2D eigenvalue weighted by molar-refractivity contribution is -0.160. The van der Waals surface area contributed by atoms with Crippen LogP contribution in [-0.4, -0.2) is 47.2 Å². The standard InChI is InChI=1S/C24H40O5/c1-5-6-7-8-19(25)9-10-20-21-14-17(13-18(21)15-22(20)26)11-12-28-16-23(27)29-24(2,3)4/h9-10,13,18-22,25-26H,5-8,11-12,14-16H2,1-4H3/b10-9+/t18-,19-,20+,21-,22+/m0/s1. The van der Waals surface area contributed by atoms with Crippen LogP contribution in [0.15, 0.2) is 23.8 Å². The topological polar surface area (TPSA) is 76.0 Å². The number of rotatable bonds is 11. The predicted molar refractivity (Wildman–Crippen MR) is 114 cm³/mol. The van der Waals surface area contributed by atoms with E-state index in [2.05, 4.69) is 13.0 Å². The molecular formula is C24H40O5. The van der Waals surface area contributed by atoms with E-state index in [1.54, 1.807) is 0 Å². The van der Waals surface area contributed by atoms with E-state index in [4.69, 9.17) is 9.47 Å². The summed E-state index contributed by atoms with van der Waals surface area (Å²) < 4.78 is 10.7. The van der Waals surface area contributed by atoms with E-state index in [1.807, 2.05) is 32.9 Å². The summed E-state index contributed by atoms with van der Waals surface area (Å²) in [5.74, 6) is 0.584. The number of aliphatic hydroxyl groups excluding tert-OH is 2. The van der Waals surface area contributed by atoms with E-state index in [9.17, 15) is 15.0 Å². The third-order valence-corrected chi connectivity index (χ3v) is 5.82. The zero-order valence-electron chi connectivity index (χ0n) is 18.6. The van der Waals surface area contributed by atoms with Gasteiger partial charge in [-0.3, -0.25) is 0 Å². The first-order valence-electron chi connectivity index (χ1n) is 11.2. The van der Waals surface area contributed by atoms with Gasteiger partial charge in [-0.25, -0.2) is 4.79 Å². The number of carbonyl (C=O) groups excluding carboxylic acids is 1. The molecule has 29 heavy (non-hydrogen) atoms. The zero-order chi connectivity index (χ0) is 21.4. The summed E-state index contributed by atoms with van der Waals surface area (Å²) >= 11 is 0. The molecule has 166 valence electrons. The van der Waals surface area contributed by atoms with Crippen molar-refractivity contribution in [3.05, 3.63) is 23.8 Å². The van der Waals surface area contributed by atoms with Crippen LogP contribution in [0.4, 0.5) is 0 Å². The Labute approximate surface area is 176 Å². The van der Waals surface area contributed by atoms with Gasteiger partial charge in [-0.2, -0.15) is 0 Å². The van der Waals surface area contributed by atoms with Gasteiger partial charge in [-0.05, 0) is 58.3 Å². The first-order valence-corrected chi connectivity index (χ1v) is 11.2. The van der Waals surface area contributed by atoms with Crippen molar-refractivity contribution in [3.63, 3.8) is 0 Å². The number of unbranched alkanes of at least 4 members (excludes halogenated alkanes) is 2. The molecule has 0 radical (unpaired) electrons. The molecule has 5 atom stereocenters. The highest BCUT2D eigenvalue weighted by Gasteiger charge is 2.43. The number of esters is 1. The monoisotopic (exact) mass is 408 g/mol. The maximum atomic E-state index is 11.7. The molecule has 0 spiro atoms. The highest BCUT2D eigenvalue weighted by atomic mass is 16.6. The van der Waals surface area contributed by atoms with Crippen molar-refractivity contribution >= 4 is 5.97 Å². The van der Waals surface area contributed by atoms with Gasteiger partial charge in [-0.1, -0.05) is 50.0 Å². The molecule has 0 unspecified atom stereocenters. The highest BCUT2D eigenvalue weighted by Crippen LogP contribution is 2.47. The van der Waals surface area contributed by atoms with Gasteiger partial charge in [0.25, 0.3) is 0 Å². The summed E-state index contributed by atoms with van der Waals surface area (Å²) in [5.41, 5.74) is 0.858. The second-order valence-electron chi connectivity index (χ2n) is 9.57. The summed E-state index contributed by atoms with van der Waals surface area (Å²) in [6, 6.07) is 0. The van der Waals surface area contributed by atoms with Crippen LogP contribution < -0.4 is 0 Å². The van der Waals surface area contributed by atoms with Gasteiger partial charge in [0.2, 0.25) is 0 Å². The maximum absolute atomic E-state index is 11.7. The van der Waals surface area contributed by atoms with Crippen molar-refractivity contribution in [2.75, 3.05) is 13.2 Å². The van der Waals surface area contributed by atoms with E-state index in [1.165, 1.54) is 5.57 Å². The summed E-state index contributed by atoms with van der Waals surface area (Å²) in [6.07, 6.45) is 12.1. The molecule has 1 saturated carbocycles. The minimum absolute atomic E-state index is 0.0165. The van der Waals surface area contributed by atoms with Gasteiger partial charge in [0.1, 0.15) is 12.2 Å². The summed E-state index contributed by atoms with van der Waals surface area (Å²) in [5, 5.41) is 20.6. The molecule has 0 aliphatic heterocycles. The lowest BCUT2D eigenvalue weighted by atomic mass is 9.88. The van der Waals surface area contributed by atoms with Crippen LogP contribution in [0.2, 0.25) is 0 Å². The van der Waals surface area contributed by atoms with Gasteiger partial charge in [0.15, 0.2) is 0 Å². The van der Waals surface area contributed by atoms with Crippen molar-refractivity contribution in [2.45, 2.75) is 90.4 Å². The van der Waals surface area contributed by atoms with Crippen LogP contribution in [0.25, 0.3) is 0 Å². The number of carbonyl (C=O) groups is 1. The number of hydrogen-bond acceptors (Lipinski definition) is 5. The van der Waals surface area contributed by atoms with E-state index >= 15 is 0 Å². The number of fused-ring (bicyclic) bond motifs is 1. The van der Waals surface area contributed by atoms with Crippen molar-refractivity contribution in [3.8, 4) is 0 Å². The summed E-state index contributed by atoms with van der Waals surface area (Å²) in [6.45, 7) is 8.18. The molecule has 0 aromatic carbocycles. The Hall–Kier alpha value is -1.17. The molecule has 5 heteroatoms. The SMILES string of the molecule is CCCCC[C@H](O)/C=C/[C@@H]1[C@H]2CC(CCOCC(=O)OC(C)(C)C)=C[C@H]2C[C@H]1O. The third-order valence-electron chi connectivity index (χ3n) is 5.82. The second-order valence-corrected chi connectivity index (χ2v) is 9.57. The molecule has 2 aliphatic carbocycles. The Morgan fingerprint density at radius 2 is 2.10 bits per heavy atom. The lowest BCUT2D eigenvalue weighted by Gasteiger charge is -2.19. The minimum atomic E-state index is -0.487. The van der Waals surface area contributed by atoms with Crippen molar-refractivity contribution < 1.29 is 24.5 Å².